The first kappa shape index (κ1) is 20.0. The van der Waals surface area contributed by atoms with E-state index in [1.807, 2.05) is 30.3 Å². The van der Waals surface area contributed by atoms with Crippen molar-refractivity contribution >= 4 is 29.3 Å². The van der Waals surface area contributed by atoms with Crippen LogP contribution in [-0.2, 0) is 22.5 Å². The maximum atomic E-state index is 12.6. The number of hydrogen-bond acceptors (Lipinski definition) is 5. The normalized spacial score (nSPS) is 13.5. The lowest BCUT2D eigenvalue weighted by atomic mass is 9.90. The fourth-order valence-corrected chi connectivity index (χ4v) is 3.40. The van der Waals surface area contributed by atoms with Gasteiger partial charge in [-0.05, 0) is 41.7 Å². The van der Waals surface area contributed by atoms with E-state index in [0.717, 1.165) is 23.1 Å². The number of pyridine rings is 1. The average molecular weight is 400 g/mol. The number of hydrogen-bond donors (Lipinski definition) is 1. The molecule has 1 aromatic carbocycles. The first-order chi connectivity index (χ1) is 13.5. The first-order valence-electron chi connectivity index (χ1n) is 9.15. The van der Waals surface area contributed by atoms with E-state index in [1.165, 1.54) is 7.11 Å². The molecule has 0 aliphatic carbocycles. The number of benzene rings is 1. The maximum absolute atomic E-state index is 12.6. The molecule has 0 saturated carbocycles. The second-order valence-electron chi connectivity index (χ2n) is 6.69. The molecule has 0 radical (unpaired) electrons. The molecule has 0 bridgehead atoms. The van der Waals surface area contributed by atoms with Crippen molar-refractivity contribution in [2.24, 2.45) is 4.99 Å². The number of nitrogens with one attached hydrogen (secondary N) is 1. The van der Waals surface area contributed by atoms with Crippen LogP contribution in [0.15, 0.2) is 41.5 Å². The Morgan fingerprint density at radius 1 is 1.29 bits per heavy atom. The van der Waals surface area contributed by atoms with Crippen molar-refractivity contribution in [3.05, 3.63) is 63.9 Å². The number of aromatic nitrogens is 1. The van der Waals surface area contributed by atoms with Gasteiger partial charge >= 0.3 is 6.09 Å². The number of alkyl carbamates (subject to hydrolysis) is 1. The van der Waals surface area contributed by atoms with Crippen molar-refractivity contribution in [3.8, 4) is 0 Å². The Labute approximate surface area is 169 Å². The van der Waals surface area contributed by atoms with Crippen molar-refractivity contribution in [1.29, 1.82) is 0 Å². The Morgan fingerprint density at radius 2 is 2.04 bits per heavy atom. The second kappa shape index (κ2) is 8.97. The topological polar surface area (TPSA) is 80.7 Å². The van der Waals surface area contributed by atoms with E-state index in [1.54, 1.807) is 6.20 Å². The minimum absolute atomic E-state index is 0.140. The van der Waals surface area contributed by atoms with Crippen LogP contribution in [0.1, 0.15) is 48.1 Å². The highest BCUT2D eigenvalue weighted by molar-refractivity contribution is 6.30. The molecule has 2 aromatic rings. The Bertz CT molecular complexity index is 910. The molecule has 0 spiro atoms. The molecule has 7 heteroatoms. The average Bonchev–Trinajstić information content (AvgIpc) is 3.08. The summed E-state index contributed by atoms with van der Waals surface area (Å²) in [5.41, 5.74) is 3.53. The second-order valence-corrected chi connectivity index (χ2v) is 7.13. The number of halogens is 1. The van der Waals surface area contributed by atoms with E-state index in [2.05, 4.69) is 27.0 Å². The van der Waals surface area contributed by atoms with E-state index in [4.69, 9.17) is 11.6 Å². The lowest BCUT2D eigenvalue weighted by Crippen LogP contribution is -2.30. The molecule has 0 saturated heterocycles. The molecule has 0 unspecified atom stereocenters. The quantitative estimate of drug-likeness (QED) is 0.794. The number of carbonyl (C=O) groups excluding carboxylic acids is 2. The number of amidine groups is 1. The number of aliphatic imine (C=N–C) groups is 1. The Balaban J connectivity index is 1.63. The van der Waals surface area contributed by atoms with Crippen molar-refractivity contribution in [3.63, 3.8) is 0 Å². The number of Topliss-reactive ketones (excluding diaryl/α,β-unsaturated/α-hetero) is 1. The highest BCUT2D eigenvalue weighted by atomic mass is 35.5. The lowest BCUT2D eigenvalue weighted by Gasteiger charge is -2.15. The molecule has 3 rings (SSSR count). The zero-order chi connectivity index (χ0) is 20.1. The zero-order valence-corrected chi connectivity index (χ0v) is 16.6. The minimum atomic E-state index is -0.571. The van der Waals surface area contributed by atoms with Gasteiger partial charge in [0.1, 0.15) is 11.6 Å². The molecule has 1 N–H and O–H groups in total. The highest BCUT2D eigenvalue weighted by Crippen LogP contribution is 2.26. The molecule has 1 aliphatic heterocycles. The molecule has 1 atom stereocenters. The van der Waals surface area contributed by atoms with Crippen LogP contribution in [0.25, 0.3) is 0 Å². The van der Waals surface area contributed by atoms with E-state index < -0.39 is 6.09 Å². The standard InChI is InChI=1S/C21H22ClN3O3/c1-3-13(14-4-6-16(22)7-5-14)9-18(26)10-17-8-15-11-24-20(19(15)12-23-17)25-21(27)28-2/h4-8,12-13H,3,9-11H2,1-2H3,(H,24,25,27)/t13-/m0/s1. The first-order valence-corrected chi connectivity index (χ1v) is 9.52. The van der Waals surface area contributed by atoms with Crippen LogP contribution in [0, 0.1) is 0 Å². The van der Waals surface area contributed by atoms with Crippen LogP contribution in [0.4, 0.5) is 4.79 Å². The molecule has 6 nitrogen and oxygen atoms in total. The van der Waals surface area contributed by atoms with E-state index in [9.17, 15) is 9.59 Å². The van der Waals surface area contributed by atoms with E-state index >= 15 is 0 Å². The smallest absolute Gasteiger partial charge is 0.412 e. The van der Waals surface area contributed by atoms with Crippen LogP contribution in [0.5, 0.6) is 0 Å². The fourth-order valence-electron chi connectivity index (χ4n) is 3.27. The molecule has 2 heterocycles. The summed E-state index contributed by atoms with van der Waals surface area (Å²) in [6, 6.07) is 9.54. The van der Waals surface area contributed by atoms with Gasteiger partial charge in [-0.1, -0.05) is 30.7 Å². The Morgan fingerprint density at radius 3 is 2.71 bits per heavy atom. The SMILES string of the molecule is CC[C@@H](CC(=O)Cc1cc2c(cn1)C(NC(=O)OC)=NC2)c1ccc(Cl)cc1. The van der Waals surface area contributed by atoms with Crippen molar-refractivity contribution in [2.45, 2.75) is 38.6 Å². The molecule has 146 valence electrons. The van der Waals surface area contributed by atoms with E-state index in [-0.39, 0.29) is 18.1 Å². The van der Waals surface area contributed by atoms with Gasteiger partial charge in [0, 0.05) is 35.3 Å². The number of carbonyl (C=O) groups is 2. The summed E-state index contributed by atoms with van der Waals surface area (Å²) in [7, 11) is 1.30. The number of fused-ring (bicyclic) bond motifs is 1. The largest absolute Gasteiger partial charge is 0.453 e. The predicted molar refractivity (Wildman–Crippen MR) is 108 cm³/mol. The number of ketones is 1. The molecule has 1 aliphatic rings. The van der Waals surface area contributed by atoms with Gasteiger partial charge in [-0.3, -0.25) is 20.1 Å². The van der Waals surface area contributed by atoms with Gasteiger partial charge in [-0.15, -0.1) is 0 Å². The van der Waals surface area contributed by atoms with Gasteiger partial charge in [0.2, 0.25) is 0 Å². The number of methoxy groups -OCH3 is 1. The van der Waals surface area contributed by atoms with Crippen molar-refractivity contribution < 1.29 is 14.3 Å². The Kier molecular flexibility index (Phi) is 6.41. The predicted octanol–water partition coefficient (Wildman–Crippen LogP) is 4.05. The van der Waals surface area contributed by atoms with E-state index in [0.29, 0.717) is 29.5 Å². The maximum Gasteiger partial charge on any atom is 0.412 e. The molecular formula is C21H22ClN3O3. The molecular weight excluding hydrogens is 378 g/mol. The lowest BCUT2D eigenvalue weighted by molar-refractivity contribution is -0.118. The number of rotatable bonds is 6. The number of amides is 1. The van der Waals surface area contributed by atoms with Crippen LogP contribution in [-0.4, -0.2) is 29.8 Å². The summed E-state index contributed by atoms with van der Waals surface area (Å²) in [5.74, 6) is 0.750. The molecule has 0 fully saturated rings. The fraction of sp³-hybridized carbons (Fsp3) is 0.333. The molecule has 1 amide bonds. The van der Waals surface area contributed by atoms with Gasteiger partial charge < -0.3 is 4.74 Å². The summed E-state index contributed by atoms with van der Waals surface area (Å²) >= 11 is 5.95. The third-order valence-electron chi connectivity index (χ3n) is 4.80. The zero-order valence-electron chi connectivity index (χ0n) is 15.9. The number of nitrogens with zero attached hydrogens (tertiary/aromatic N) is 2. The van der Waals surface area contributed by atoms with Crippen LogP contribution in [0.3, 0.4) is 0 Å². The third kappa shape index (κ3) is 4.75. The van der Waals surface area contributed by atoms with Gasteiger partial charge in [0.25, 0.3) is 0 Å². The van der Waals surface area contributed by atoms with Gasteiger partial charge in [0.05, 0.1) is 13.7 Å². The van der Waals surface area contributed by atoms with Gasteiger partial charge in [0.15, 0.2) is 0 Å². The summed E-state index contributed by atoms with van der Waals surface area (Å²) in [6.07, 6.45) is 2.69. The van der Waals surface area contributed by atoms with Crippen LogP contribution < -0.4 is 5.32 Å². The number of ether oxygens (including phenoxy) is 1. The highest BCUT2D eigenvalue weighted by Gasteiger charge is 2.20. The summed E-state index contributed by atoms with van der Waals surface area (Å²) in [4.78, 5) is 32.6. The third-order valence-corrected chi connectivity index (χ3v) is 5.05. The Hall–Kier alpha value is -2.73. The van der Waals surface area contributed by atoms with Gasteiger partial charge in [-0.2, -0.15) is 0 Å². The summed E-state index contributed by atoms with van der Waals surface area (Å²) in [6.45, 7) is 2.52. The van der Waals surface area contributed by atoms with Gasteiger partial charge in [-0.25, -0.2) is 4.79 Å². The van der Waals surface area contributed by atoms with Crippen molar-refractivity contribution in [2.75, 3.05) is 7.11 Å². The summed E-state index contributed by atoms with van der Waals surface area (Å²) in [5, 5.41) is 3.26. The summed E-state index contributed by atoms with van der Waals surface area (Å²) < 4.78 is 4.59. The molecule has 1 aromatic heterocycles. The van der Waals surface area contributed by atoms with Crippen LogP contribution in [0.2, 0.25) is 5.02 Å². The van der Waals surface area contributed by atoms with Crippen LogP contribution >= 0.6 is 11.6 Å². The monoisotopic (exact) mass is 399 g/mol. The minimum Gasteiger partial charge on any atom is -0.453 e. The van der Waals surface area contributed by atoms with Crippen molar-refractivity contribution in [1.82, 2.24) is 10.3 Å². The molecule has 28 heavy (non-hydrogen) atoms.